The molecule has 56 heavy (non-hydrogen) atoms. The number of rotatable bonds is 10. The number of hydrogen-bond acceptors (Lipinski definition) is 4. The summed E-state index contributed by atoms with van der Waals surface area (Å²) in [4.78, 5) is 0. The van der Waals surface area contributed by atoms with E-state index in [1.807, 2.05) is 0 Å². The third kappa shape index (κ3) is 7.68. The third-order valence-electron chi connectivity index (χ3n) is 10.4. The minimum absolute atomic E-state index is 0.174. The van der Waals surface area contributed by atoms with Crippen molar-refractivity contribution in [3.63, 3.8) is 0 Å². The number of nitrogens with zero attached hydrogens (tertiary/aromatic N) is 2. The molecule has 1 aliphatic rings. The normalized spacial score (nSPS) is 15.2. The lowest BCUT2D eigenvalue weighted by molar-refractivity contribution is 0.343. The van der Waals surface area contributed by atoms with Gasteiger partial charge in [0.15, 0.2) is 0 Å². The fourth-order valence-corrected chi connectivity index (χ4v) is 14.4. The average Bonchev–Trinajstić information content (AvgIpc) is 3.23. The van der Waals surface area contributed by atoms with Crippen molar-refractivity contribution in [2.24, 2.45) is 21.1 Å². The lowest BCUT2D eigenvalue weighted by Crippen LogP contribution is -2.69. The molecular formula is C50H50N2O2Si2. The Hall–Kier alpha value is -5.83. The molecule has 0 bridgehead atoms. The highest BCUT2D eigenvalue weighted by molar-refractivity contribution is 7.07. The zero-order chi connectivity index (χ0) is 39.2. The maximum Gasteiger partial charge on any atom is 0.380 e. The molecule has 6 heteroatoms. The van der Waals surface area contributed by atoms with Gasteiger partial charge in [0, 0.05) is 0 Å². The van der Waals surface area contributed by atoms with E-state index in [4.69, 9.17) is 19.4 Å². The number of benzene rings is 6. The molecule has 0 aromatic heterocycles. The van der Waals surface area contributed by atoms with Crippen LogP contribution in [0.4, 0.5) is 0 Å². The largest absolute Gasteiger partial charge is 0.437 e. The van der Waals surface area contributed by atoms with Crippen LogP contribution >= 0.6 is 0 Å². The predicted octanol–water partition coefficient (Wildman–Crippen LogP) is 8.02. The van der Waals surface area contributed by atoms with Crippen molar-refractivity contribution in [2.75, 3.05) is 0 Å². The molecule has 0 unspecified atom stereocenters. The van der Waals surface area contributed by atoms with Gasteiger partial charge in [0.2, 0.25) is 0 Å². The molecule has 7 rings (SSSR count). The lowest BCUT2D eigenvalue weighted by atomic mass is 9.74. The summed E-state index contributed by atoms with van der Waals surface area (Å²) in [6, 6.07) is 63.3. The maximum atomic E-state index is 7.32. The van der Waals surface area contributed by atoms with Crippen LogP contribution in [0.3, 0.4) is 0 Å². The fraction of sp³-hybridized carbons (Fsp3) is 0.160. The van der Waals surface area contributed by atoms with Crippen LogP contribution in [0.15, 0.2) is 216 Å². The van der Waals surface area contributed by atoms with Gasteiger partial charge in [-0.1, -0.05) is 240 Å². The SMILES string of the molecule is CC(C)(C)C1=CC(=NO[Si](c2ccccc2)(c2ccccc2)c2ccccc2)C(=NO[Si](c2ccccc2)(c2ccccc2)c2ccccc2)C(C(C)(C)C)=C1. The summed E-state index contributed by atoms with van der Waals surface area (Å²) < 4.78 is 14.6. The van der Waals surface area contributed by atoms with Gasteiger partial charge in [0.25, 0.3) is 0 Å². The number of hydrogen-bond donors (Lipinski definition) is 0. The van der Waals surface area contributed by atoms with Crippen molar-refractivity contribution >= 4 is 59.2 Å². The quantitative estimate of drug-likeness (QED) is 0.0614. The first-order chi connectivity index (χ1) is 27.0. The van der Waals surface area contributed by atoms with Crippen LogP contribution in [0.25, 0.3) is 0 Å². The molecule has 0 amide bonds. The van der Waals surface area contributed by atoms with Crippen LogP contribution < -0.4 is 31.1 Å². The van der Waals surface area contributed by atoms with Crippen molar-refractivity contribution in [1.82, 2.24) is 0 Å². The zero-order valence-corrected chi connectivity index (χ0v) is 35.2. The van der Waals surface area contributed by atoms with E-state index in [0.29, 0.717) is 11.4 Å². The first-order valence-corrected chi connectivity index (χ1v) is 23.2. The van der Waals surface area contributed by atoms with E-state index in [1.54, 1.807) is 0 Å². The van der Waals surface area contributed by atoms with E-state index in [1.165, 1.54) is 0 Å². The topological polar surface area (TPSA) is 43.2 Å². The first kappa shape index (κ1) is 38.4. The molecule has 6 aromatic carbocycles. The van der Waals surface area contributed by atoms with Crippen molar-refractivity contribution in [1.29, 1.82) is 0 Å². The molecular weight excluding hydrogens is 717 g/mol. The molecule has 0 spiro atoms. The van der Waals surface area contributed by atoms with E-state index in [9.17, 15) is 0 Å². The minimum Gasteiger partial charge on any atom is -0.437 e. The Morgan fingerprint density at radius 3 is 0.911 bits per heavy atom. The van der Waals surface area contributed by atoms with E-state index in [-0.39, 0.29) is 10.8 Å². The van der Waals surface area contributed by atoms with Gasteiger partial charge >= 0.3 is 16.6 Å². The van der Waals surface area contributed by atoms with Crippen LogP contribution in [-0.2, 0) is 9.05 Å². The summed E-state index contributed by atoms with van der Waals surface area (Å²) in [6.07, 6.45) is 4.43. The Labute approximate surface area is 334 Å². The van der Waals surface area contributed by atoms with Gasteiger partial charge in [-0.3, -0.25) is 0 Å². The monoisotopic (exact) mass is 766 g/mol. The molecule has 280 valence electrons. The minimum atomic E-state index is -3.22. The van der Waals surface area contributed by atoms with E-state index < -0.39 is 16.6 Å². The second kappa shape index (κ2) is 16.1. The Kier molecular flexibility index (Phi) is 11.1. The summed E-state index contributed by atoms with van der Waals surface area (Å²) in [5.74, 6) is 0. The average molecular weight is 767 g/mol. The van der Waals surface area contributed by atoms with Crippen molar-refractivity contribution < 1.29 is 9.05 Å². The van der Waals surface area contributed by atoms with Gasteiger partial charge in [0.1, 0.15) is 11.4 Å². The van der Waals surface area contributed by atoms with Gasteiger partial charge in [0.05, 0.1) is 0 Å². The van der Waals surface area contributed by atoms with E-state index in [2.05, 4.69) is 236 Å². The van der Waals surface area contributed by atoms with Gasteiger partial charge in [-0.25, -0.2) is 0 Å². The fourth-order valence-electron chi connectivity index (χ4n) is 7.37. The van der Waals surface area contributed by atoms with Crippen LogP contribution in [-0.4, -0.2) is 28.1 Å². The molecule has 0 saturated heterocycles. The summed E-state index contributed by atoms with van der Waals surface area (Å²) in [7, 11) is -6.43. The molecule has 0 aliphatic heterocycles. The van der Waals surface area contributed by atoms with Crippen molar-refractivity contribution in [3.05, 3.63) is 205 Å². The van der Waals surface area contributed by atoms with Crippen molar-refractivity contribution in [2.45, 2.75) is 41.5 Å². The molecule has 6 aromatic rings. The molecule has 0 N–H and O–H groups in total. The Bertz CT molecular complexity index is 2150. The van der Waals surface area contributed by atoms with Crippen LogP contribution in [0.1, 0.15) is 41.5 Å². The highest BCUT2D eigenvalue weighted by Gasteiger charge is 2.47. The zero-order valence-electron chi connectivity index (χ0n) is 33.2. The Morgan fingerprint density at radius 1 is 0.357 bits per heavy atom. The summed E-state index contributed by atoms with van der Waals surface area (Å²) >= 11 is 0. The number of oxime groups is 2. The Balaban J connectivity index is 1.49. The Morgan fingerprint density at radius 2 is 0.643 bits per heavy atom. The summed E-state index contributed by atoms with van der Waals surface area (Å²) in [5, 5.41) is 17.2. The molecule has 4 nitrogen and oxygen atoms in total. The van der Waals surface area contributed by atoms with Gasteiger partial charge in [-0.15, -0.1) is 0 Å². The maximum absolute atomic E-state index is 7.32. The lowest BCUT2D eigenvalue weighted by Gasteiger charge is -2.34. The second-order valence-electron chi connectivity index (χ2n) is 16.3. The molecule has 0 atom stereocenters. The molecule has 0 fully saturated rings. The van der Waals surface area contributed by atoms with E-state index >= 15 is 0 Å². The molecule has 0 saturated carbocycles. The number of allylic oxidation sites excluding steroid dienone is 4. The van der Waals surface area contributed by atoms with Crippen LogP contribution in [0, 0.1) is 10.8 Å². The predicted molar refractivity (Wildman–Crippen MR) is 240 cm³/mol. The second-order valence-corrected chi connectivity index (χ2v) is 22.9. The standard InChI is InChI=1S/C50H50N2O2Si2/c1-49(2,3)39-37-46(50(4,5)6)48(52-54-56(43-31-19-10-20-32-43,44-33-21-11-22-34-44)45-35-23-12-24-36-45)47(38-39)51-53-55(40-25-13-7-14-26-40,41-27-15-8-16-28-41)42-29-17-9-18-30-42/h7-38H,1-6H3. The smallest absolute Gasteiger partial charge is 0.380 e. The molecule has 0 heterocycles. The van der Waals surface area contributed by atoms with Crippen molar-refractivity contribution in [3.8, 4) is 0 Å². The van der Waals surface area contributed by atoms with E-state index in [0.717, 1.165) is 42.3 Å². The molecule has 1 aliphatic carbocycles. The summed E-state index contributed by atoms with van der Waals surface area (Å²) in [6.45, 7) is 13.4. The first-order valence-electron chi connectivity index (χ1n) is 19.3. The molecule has 0 radical (unpaired) electrons. The van der Waals surface area contributed by atoms with Gasteiger partial charge in [-0.05, 0) is 59.2 Å². The highest BCUT2D eigenvalue weighted by Crippen LogP contribution is 2.37. The van der Waals surface area contributed by atoms with Gasteiger partial charge in [-0.2, -0.15) is 0 Å². The highest BCUT2D eigenvalue weighted by atomic mass is 28.4. The summed E-state index contributed by atoms with van der Waals surface area (Å²) in [5.41, 5.74) is 3.01. The van der Waals surface area contributed by atoms with Crippen LogP contribution in [0.5, 0.6) is 0 Å². The van der Waals surface area contributed by atoms with Gasteiger partial charge < -0.3 is 9.05 Å². The third-order valence-corrected chi connectivity index (χ3v) is 18.0. The van der Waals surface area contributed by atoms with Crippen LogP contribution in [0.2, 0.25) is 0 Å².